The largest absolute Gasteiger partial charge is 0.351 e. The van der Waals surface area contributed by atoms with E-state index < -0.39 is 5.41 Å². The van der Waals surface area contributed by atoms with Crippen molar-refractivity contribution in [3.8, 4) is 0 Å². The van der Waals surface area contributed by atoms with Crippen molar-refractivity contribution in [2.45, 2.75) is 47.1 Å². The normalized spacial score (nSPS) is 12.0. The second kappa shape index (κ2) is 6.06. The molecular weight excluding hydrogens is 288 g/mol. The highest BCUT2D eigenvalue weighted by Gasteiger charge is 2.37. The van der Waals surface area contributed by atoms with E-state index in [9.17, 15) is 9.59 Å². The van der Waals surface area contributed by atoms with Gasteiger partial charge in [-0.3, -0.25) is 9.59 Å². The maximum atomic E-state index is 12.3. The van der Waals surface area contributed by atoms with Crippen LogP contribution in [-0.2, 0) is 9.59 Å². The molecule has 21 heavy (non-hydrogen) atoms. The molecule has 1 rings (SSSR count). The maximum absolute atomic E-state index is 12.3. The van der Waals surface area contributed by atoms with Gasteiger partial charge in [0.05, 0.1) is 0 Å². The third-order valence-electron chi connectivity index (χ3n) is 3.05. The molecule has 2 amide bonds. The standard InChI is InChI=1S/C16H23ClN2O2/c1-10-7-8-11(9-12(10)17)18-13(20)16(5,6)14(21)19-15(2,3)4/h7-9H,1-6H3,(H,18,20)(H,19,21). The lowest BCUT2D eigenvalue weighted by Gasteiger charge is -2.28. The molecule has 0 radical (unpaired) electrons. The number of halogens is 1. The molecule has 0 heterocycles. The van der Waals surface area contributed by atoms with E-state index in [1.807, 2.05) is 33.8 Å². The van der Waals surface area contributed by atoms with E-state index in [2.05, 4.69) is 10.6 Å². The van der Waals surface area contributed by atoms with Crippen molar-refractivity contribution < 1.29 is 9.59 Å². The number of carbonyl (C=O) groups is 2. The summed E-state index contributed by atoms with van der Waals surface area (Å²) < 4.78 is 0. The molecule has 116 valence electrons. The number of carbonyl (C=O) groups excluding carboxylic acids is 2. The maximum Gasteiger partial charge on any atom is 0.239 e. The Morgan fingerprint density at radius 3 is 2.10 bits per heavy atom. The van der Waals surface area contributed by atoms with Crippen LogP contribution in [-0.4, -0.2) is 17.4 Å². The number of hydrogen-bond donors (Lipinski definition) is 2. The van der Waals surface area contributed by atoms with E-state index in [1.165, 1.54) is 0 Å². The third-order valence-corrected chi connectivity index (χ3v) is 3.46. The molecule has 0 bridgehead atoms. The molecule has 0 aliphatic carbocycles. The van der Waals surface area contributed by atoms with Gasteiger partial charge in [0.25, 0.3) is 0 Å². The fourth-order valence-corrected chi connectivity index (χ4v) is 1.74. The van der Waals surface area contributed by atoms with Gasteiger partial charge in [-0.25, -0.2) is 0 Å². The molecule has 2 N–H and O–H groups in total. The summed E-state index contributed by atoms with van der Waals surface area (Å²) in [5.74, 6) is -0.685. The van der Waals surface area contributed by atoms with Crippen LogP contribution >= 0.6 is 11.6 Å². The third kappa shape index (κ3) is 4.74. The average molecular weight is 311 g/mol. The lowest BCUT2D eigenvalue weighted by atomic mass is 9.89. The van der Waals surface area contributed by atoms with Gasteiger partial charge in [-0.1, -0.05) is 17.7 Å². The van der Waals surface area contributed by atoms with Crippen LogP contribution in [0.4, 0.5) is 5.69 Å². The first-order valence-corrected chi connectivity index (χ1v) is 7.21. The summed E-state index contributed by atoms with van der Waals surface area (Å²) in [6.07, 6.45) is 0. The van der Waals surface area contributed by atoms with Crippen LogP contribution < -0.4 is 10.6 Å². The Labute approximate surface area is 131 Å². The second-order valence-electron chi connectivity index (χ2n) is 6.75. The fraction of sp³-hybridized carbons (Fsp3) is 0.500. The Balaban J connectivity index is 2.86. The number of anilines is 1. The van der Waals surface area contributed by atoms with Gasteiger partial charge < -0.3 is 10.6 Å². The fourth-order valence-electron chi connectivity index (χ4n) is 1.56. The molecule has 0 unspecified atom stereocenters. The molecule has 0 aliphatic heterocycles. The first-order chi connectivity index (χ1) is 9.43. The lowest BCUT2D eigenvalue weighted by molar-refractivity contribution is -0.139. The number of aryl methyl sites for hydroxylation is 1. The number of amides is 2. The Kier molecular flexibility index (Phi) is 5.05. The Bertz CT molecular complexity index is 560. The van der Waals surface area contributed by atoms with Gasteiger partial charge in [0.2, 0.25) is 11.8 Å². The minimum absolute atomic E-state index is 0.314. The van der Waals surface area contributed by atoms with Crippen LogP contribution in [0.25, 0.3) is 0 Å². The van der Waals surface area contributed by atoms with E-state index in [4.69, 9.17) is 11.6 Å². The molecule has 5 heteroatoms. The summed E-state index contributed by atoms with van der Waals surface area (Å²) in [6, 6.07) is 5.25. The van der Waals surface area contributed by atoms with Gasteiger partial charge in [-0.2, -0.15) is 0 Å². The highest BCUT2D eigenvalue weighted by atomic mass is 35.5. The lowest BCUT2D eigenvalue weighted by Crippen LogP contribution is -2.51. The summed E-state index contributed by atoms with van der Waals surface area (Å²) in [6.45, 7) is 10.7. The van der Waals surface area contributed by atoms with Crippen molar-refractivity contribution >= 4 is 29.1 Å². The summed E-state index contributed by atoms with van der Waals surface area (Å²) in [5, 5.41) is 6.13. The molecular formula is C16H23ClN2O2. The molecule has 4 nitrogen and oxygen atoms in total. The Hall–Kier alpha value is -1.55. The zero-order chi connectivity index (χ0) is 16.4. The van der Waals surface area contributed by atoms with Crippen LogP contribution in [0.3, 0.4) is 0 Å². The summed E-state index contributed by atoms with van der Waals surface area (Å²) in [7, 11) is 0. The monoisotopic (exact) mass is 310 g/mol. The number of rotatable bonds is 3. The topological polar surface area (TPSA) is 58.2 Å². The Morgan fingerprint density at radius 2 is 1.62 bits per heavy atom. The predicted octanol–water partition coefficient (Wildman–Crippen LogP) is 3.53. The van der Waals surface area contributed by atoms with Crippen LogP contribution in [0.15, 0.2) is 18.2 Å². The van der Waals surface area contributed by atoms with E-state index in [-0.39, 0.29) is 17.4 Å². The summed E-state index contributed by atoms with van der Waals surface area (Å²) in [5.41, 5.74) is -0.0569. The van der Waals surface area contributed by atoms with Crippen molar-refractivity contribution in [2.24, 2.45) is 5.41 Å². The first kappa shape index (κ1) is 17.5. The van der Waals surface area contributed by atoms with E-state index >= 15 is 0 Å². The Morgan fingerprint density at radius 1 is 1.05 bits per heavy atom. The minimum Gasteiger partial charge on any atom is -0.351 e. The van der Waals surface area contributed by atoms with Gasteiger partial charge in [0, 0.05) is 16.2 Å². The smallest absolute Gasteiger partial charge is 0.239 e. The van der Waals surface area contributed by atoms with Gasteiger partial charge in [0.1, 0.15) is 5.41 Å². The highest BCUT2D eigenvalue weighted by molar-refractivity contribution is 6.31. The second-order valence-corrected chi connectivity index (χ2v) is 7.15. The van der Waals surface area contributed by atoms with Crippen LogP contribution in [0.1, 0.15) is 40.2 Å². The molecule has 0 aliphatic rings. The average Bonchev–Trinajstić information content (AvgIpc) is 2.31. The predicted molar refractivity (Wildman–Crippen MR) is 86.5 cm³/mol. The molecule has 1 aromatic carbocycles. The van der Waals surface area contributed by atoms with Crippen LogP contribution in [0.2, 0.25) is 5.02 Å². The summed E-state index contributed by atoms with van der Waals surface area (Å²) >= 11 is 6.03. The van der Waals surface area contributed by atoms with Crippen molar-refractivity contribution in [1.82, 2.24) is 5.32 Å². The van der Waals surface area contributed by atoms with Crippen molar-refractivity contribution in [2.75, 3.05) is 5.32 Å². The van der Waals surface area contributed by atoms with Crippen molar-refractivity contribution in [3.63, 3.8) is 0 Å². The molecule has 0 aromatic heterocycles. The van der Waals surface area contributed by atoms with Crippen LogP contribution in [0, 0.1) is 12.3 Å². The van der Waals surface area contributed by atoms with Crippen LogP contribution in [0.5, 0.6) is 0 Å². The molecule has 0 fully saturated rings. The van der Waals surface area contributed by atoms with Gasteiger partial charge in [-0.15, -0.1) is 0 Å². The number of hydrogen-bond acceptors (Lipinski definition) is 2. The molecule has 0 saturated carbocycles. The molecule has 1 aromatic rings. The van der Waals surface area contributed by atoms with E-state index in [0.717, 1.165) is 5.56 Å². The van der Waals surface area contributed by atoms with Crippen molar-refractivity contribution in [1.29, 1.82) is 0 Å². The number of benzene rings is 1. The molecule has 0 atom stereocenters. The van der Waals surface area contributed by atoms with Gasteiger partial charge in [-0.05, 0) is 59.2 Å². The summed E-state index contributed by atoms with van der Waals surface area (Å²) in [4.78, 5) is 24.6. The van der Waals surface area contributed by atoms with Gasteiger partial charge >= 0.3 is 0 Å². The van der Waals surface area contributed by atoms with E-state index in [0.29, 0.717) is 10.7 Å². The van der Waals surface area contributed by atoms with Crippen molar-refractivity contribution in [3.05, 3.63) is 28.8 Å². The number of nitrogens with one attached hydrogen (secondary N) is 2. The molecule has 0 saturated heterocycles. The van der Waals surface area contributed by atoms with Gasteiger partial charge in [0.15, 0.2) is 0 Å². The quantitative estimate of drug-likeness (QED) is 0.839. The van der Waals surface area contributed by atoms with E-state index in [1.54, 1.807) is 26.0 Å². The zero-order valence-electron chi connectivity index (χ0n) is 13.4. The SMILES string of the molecule is Cc1ccc(NC(=O)C(C)(C)C(=O)NC(C)(C)C)cc1Cl. The minimum atomic E-state index is -1.18. The zero-order valence-corrected chi connectivity index (χ0v) is 14.2. The highest BCUT2D eigenvalue weighted by Crippen LogP contribution is 2.23. The first-order valence-electron chi connectivity index (χ1n) is 6.84. The molecule has 0 spiro atoms.